The summed E-state index contributed by atoms with van der Waals surface area (Å²) in [7, 11) is 0. The van der Waals surface area contributed by atoms with Gasteiger partial charge in [0.25, 0.3) is 0 Å². The highest BCUT2D eigenvalue weighted by atomic mass is 35.5. The van der Waals surface area contributed by atoms with Gasteiger partial charge in [-0.05, 0) is 64.7 Å². The molecule has 2 nitrogen and oxygen atoms in total. The quantitative estimate of drug-likeness (QED) is 0.891. The molecule has 0 aromatic heterocycles. The first kappa shape index (κ1) is 16.8. The van der Waals surface area contributed by atoms with E-state index < -0.39 is 0 Å². The van der Waals surface area contributed by atoms with Crippen LogP contribution >= 0.6 is 11.6 Å². The lowest BCUT2D eigenvalue weighted by molar-refractivity contribution is 0.0598. The van der Waals surface area contributed by atoms with Gasteiger partial charge in [-0.3, -0.25) is 0 Å². The molecule has 0 aliphatic carbocycles. The second-order valence-corrected chi connectivity index (χ2v) is 7.91. The summed E-state index contributed by atoms with van der Waals surface area (Å²) >= 11 is 6.45. The molecule has 1 aliphatic heterocycles. The van der Waals surface area contributed by atoms with E-state index in [4.69, 9.17) is 16.3 Å². The van der Waals surface area contributed by atoms with Gasteiger partial charge in [-0.25, -0.2) is 0 Å². The molecule has 2 atom stereocenters. The zero-order valence-electron chi connectivity index (χ0n) is 13.9. The molecule has 1 fully saturated rings. The molecule has 1 saturated heterocycles. The first-order chi connectivity index (χ1) is 9.72. The molecule has 21 heavy (non-hydrogen) atoms. The van der Waals surface area contributed by atoms with E-state index in [9.17, 15) is 0 Å². The second kappa shape index (κ2) is 6.28. The van der Waals surface area contributed by atoms with E-state index in [1.165, 1.54) is 11.1 Å². The minimum atomic E-state index is 0.117. The van der Waals surface area contributed by atoms with Gasteiger partial charge in [0.15, 0.2) is 0 Å². The van der Waals surface area contributed by atoms with Crippen LogP contribution in [-0.4, -0.2) is 24.8 Å². The minimum absolute atomic E-state index is 0.117. The SMILES string of the molecule is Cc1ccc(CC2(CNC(C)(C)C)CCOC2C)c(Cl)c1. The number of aryl methyl sites for hydroxylation is 1. The van der Waals surface area contributed by atoms with Crippen molar-refractivity contribution < 1.29 is 4.74 Å². The number of hydrogen-bond acceptors (Lipinski definition) is 2. The fourth-order valence-corrected chi connectivity index (χ4v) is 3.26. The fraction of sp³-hybridized carbons (Fsp3) is 0.667. The van der Waals surface area contributed by atoms with Gasteiger partial charge in [0, 0.05) is 29.1 Å². The van der Waals surface area contributed by atoms with E-state index in [0.717, 1.165) is 31.0 Å². The van der Waals surface area contributed by atoms with Crippen LogP contribution in [0.3, 0.4) is 0 Å². The molecule has 2 rings (SSSR count). The predicted octanol–water partition coefficient (Wildman–Crippen LogP) is 4.37. The summed E-state index contributed by atoms with van der Waals surface area (Å²) in [5, 5.41) is 4.54. The molecule has 0 spiro atoms. The number of nitrogens with one attached hydrogen (secondary N) is 1. The number of rotatable bonds is 4. The van der Waals surface area contributed by atoms with Crippen molar-refractivity contribution >= 4 is 11.6 Å². The van der Waals surface area contributed by atoms with Crippen molar-refractivity contribution in [1.82, 2.24) is 5.32 Å². The Kier molecular flexibility index (Phi) is 5.02. The van der Waals surface area contributed by atoms with Crippen LogP contribution in [-0.2, 0) is 11.2 Å². The van der Waals surface area contributed by atoms with Crippen LogP contribution < -0.4 is 5.32 Å². The average Bonchev–Trinajstić information content (AvgIpc) is 2.72. The van der Waals surface area contributed by atoms with E-state index in [2.05, 4.69) is 58.1 Å². The van der Waals surface area contributed by atoms with Crippen molar-refractivity contribution in [2.45, 2.75) is 59.1 Å². The third-order valence-electron chi connectivity index (χ3n) is 4.55. The van der Waals surface area contributed by atoms with Gasteiger partial charge in [0.2, 0.25) is 0 Å². The summed E-state index contributed by atoms with van der Waals surface area (Å²) < 4.78 is 5.89. The Hall–Kier alpha value is -0.570. The summed E-state index contributed by atoms with van der Waals surface area (Å²) in [6.07, 6.45) is 2.31. The van der Waals surface area contributed by atoms with Gasteiger partial charge in [-0.2, -0.15) is 0 Å². The van der Waals surface area contributed by atoms with Crippen LogP contribution in [0, 0.1) is 12.3 Å². The van der Waals surface area contributed by atoms with Crippen molar-refractivity contribution in [1.29, 1.82) is 0 Å². The monoisotopic (exact) mass is 309 g/mol. The molecule has 0 amide bonds. The molecular weight excluding hydrogens is 282 g/mol. The van der Waals surface area contributed by atoms with E-state index in [-0.39, 0.29) is 17.1 Å². The summed E-state index contributed by atoms with van der Waals surface area (Å²) in [5.74, 6) is 0. The highest BCUT2D eigenvalue weighted by Crippen LogP contribution is 2.39. The Morgan fingerprint density at radius 2 is 2.10 bits per heavy atom. The van der Waals surface area contributed by atoms with Gasteiger partial charge in [-0.1, -0.05) is 23.7 Å². The number of halogens is 1. The van der Waals surface area contributed by atoms with Crippen LogP contribution in [0.1, 0.15) is 45.2 Å². The lowest BCUT2D eigenvalue weighted by Crippen LogP contribution is -2.47. The molecule has 1 aromatic carbocycles. The normalized spacial score (nSPS) is 26.3. The Bertz CT molecular complexity index is 494. The molecule has 1 heterocycles. The zero-order valence-corrected chi connectivity index (χ0v) is 14.7. The maximum atomic E-state index is 6.45. The molecule has 0 saturated carbocycles. The molecule has 2 unspecified atom stereocenters. The van der Waals surface area contributed by atoms with E-state index in [0.29, 0.717) is 0 Å². The van der Waals surface area contributed by atoms with Crippen LogP contribution in [0.15, 0.2) is 18.2 Å². The fourth-order valence-electron chi connectivity index (χ4n) is 2.96. The van der Waals surface area contributed by atoms with Crippen molar-refractivity contribution in [2.75, 3.05) is 13.2 Å². The Balaban J connectivity index is 2.20. The number of ether oxygens (including phenoxy) is 1. The molecule has 118 valence electrons. The van der Waals surface area contributed by atoms with E-state index in [1.807, 2.05) is 0 Å². The number of benzene rings is 1. The summed E-state index contributed by atoms with van der Waals surface area (Å²) in [6.45, 7) is 12.7. The van der Waals surface area contributed by atoms with E-state index >= 15 is 0 Å². The largest absolute Gasteiger partial charge is 0.378 e. The molecule has 0 bridgehead atoms. The predicted molar refractivity (Wildman–Crippen MR) is 90.1 cm³/mol. The topological polar surface area (TPSA) is 21.3 Å². The van der Waals surface area contributed by atoms with Crippen LogP contribution in [0.25, 0.3) is 0 Å². The van der Waals surface area contributed by atoms with Crippen LogP contribution in [0.2, 0.25) is 5.02 Å². The molecule has 1 aromatic rings. The zero-order chi connectivity index (χ0) is 15.7. The average molecular weight is 310 g/mol. The van der Waals surface area contributed by atoms with Gasteiger partial charge in [0.05, 0.1) is 6.10 Å². The van der Waals surface area contributed by atoms with Crippen molar-refractivity contribution in [3.05, 3.63) is 34.3 Å². The second-order valence-electron chi connectivity index (χ2n) is 7.50. The van der Waals surface area contributed by atoms with Crippen molar-refractivity contribution in [3.63, 3.8) is 0 Å². The standard InChI is InChI=1S/C18H28ClNO/c1-13-6-7-15(16(19)10-13)11-18(8-9-21-14(18)2)12-20-17(3,4)5/h6-7,10,14,20H,8-9,11-12H2,1-5H3. The minimum Gasteiger partial charge on any atom is -0.378 e. The van der Waals surface area contributed by atoms with Gasteiger partial charge >= 0.3 is 0 Å². The van der Waals surface area contributed by atoms with E-state index in [1.54, 1.807) is 0 Å². The lowest BCUT2D eigenvalue weighted by Gasteiger charge is -2.36. The molecule has 0 radical (unpaired) electrons. The first-order valence-electron chi connectivity index (χ1n) is 7.84. The molecule has 3 heteroatoms. The Morgan fingerprint density at radius 3 is 2.62 bits per heavy atom. The summed E-state index contributed by atoms with van der Waals surface area (Å²) in [6, 6.07) is 6.37. The van der Waals surface area contributed by atoms with Crippen molar-refractivity contribution in [3.8, 4) is 0 Å². The number of hydrogen-bond donors (Lipinski definition) is 1. The maximum absolute atomic E-state index is 6.45. The van der Waals surface area contributed by atoms with Gasteiger partial charge in [-0.15, -0.1) is 0 Å². The van der Waals surface area contributed by atoms with Crippen LogP contribution in [0.5, 0.6) is 0 Å². The third-order valence-corrected chi connectivity index (χ3v) is 4.90. The maximum Gasteiger partial charge on any atom is 0.0619 e. The third kappa shape index (κ3) is 4.21. The first-order valence-corrected chi connectivity index (χ1v) is 8.21. The molecule has 1 N–H and O–H groups in total. The Morgan fingerprint density at radius 1 is 1.38 bits per heavy atom. The van der Waals surface area contributed by atoms with Gasteiger partial charge in [0.1, 0.15) is 0 Å². The summed E-state index contributed by atoms with van der Waals surface area (Å²) in [5.41, 5.74) is 2.69. The smallest absolute Gasteiger partial charge is 0.0619 e. The molecular formula is C18H28ClNO. The Labute approximate surface area is 134 Å². The highest BCUT2D eigenvalue weighted by molar-refractivity contribution is 6.31. The highest BCUT2D eigenvalue weighted by Gasteiger charge is 2.42. The summed E-state index contributed by atoms with van der Waals surface area (Å²) in [4.78, 5) is 0. The lowest BCUT2D eigenvalue weighted by atomic mass is 9.75. The van der Waals surface area contributed by atoms with Gasteiger partial charge < -0.3 is 10.1 Å². The van der Waals surface area contributed by atoms with Crippen molar-refractivity contribution in [2.24, 2.45) is 5.41 Å². The van der Waals surface area contributed by atoms with Crippen LogP contribution in [0.4, 0.5) is 0 Å². The molecule has 1 aliphatic rings.